The summed E-state index contributed by atoms with van der Waals surface area (Å²) in [6.07, 6.45) is 1.59. The largest absolute Gasteiger partial charge is 0.465 e. The summed E-state index contributed by atoms with van der Waals surface area (Å²) < 4.78 is 22.3. The van der Waals surface area contributed by atoms with Crippen LogP contribution in [0, 0.1) is 0 Å². The Bertz CT molecular complexity index is 1010. The van der Waals surface area contributed by atoms with Crippen molar-refractivity contribution in [3.05, 3.63) is 54.2 Å². The topological polar surface area (TPSA) is 76.0 Å². The molecule has 0 atom stereocenters. The van der Waals surface area contributed by atoms with Crippen molar-refractivity contribution in [3.63, 3.8) is 0 Å². The van der Waals surface area contributed by atoms with E-state index in [0.29, 0.717) is 22.8 Å². The number of carbonyl (C=O) groups excluding carboxylic acids is 2. The maximum absolute atomic E-state index is 12.3. The molecule has 0 bridgehead atoms. The van der Waals surface area contributed by atoms with Gasteiger partial charge >= 0.3 is 11.9 Å². The molecule has 0 fully saturated rings. The predicted octanol–water partition coefficient (Wildman–Crippen LogP) is 2.76. The smallest absolute Gasteiger partial charge is 0.340 e. The number of para-hydroxylation sites is 1. The van der Waals surface area contributed by atoms with E-state index >= 15 is 0 Å². The van der Waals surface area contributed by atoms with Gasteiger partial charge in [0.05, 0.1) is 12.7 Å². The molecule has 1 aliphatic heterocycles. The summed E-state index contributed by atoms with van der Waals surface area (Å²) in [5, 5.41) is 0.718. The van der Waals surface area contributed by atoms with Gasteiger partial charge < -0.3 is 23.5 Å². The fourth-order valence-corrected chi connectivity index (χ4v) is 2.89. The zero-order chi connectivity index (χ0) is 18.1. The maximum atomic E-state index is 12.3. The second kappa shape index (κ2) is 6.44. The molecule has 7 nitrogen and oxygen atoms in total. The number of methoxy groups -OCH3 is 1. The van der Waals surface area contributed by atoms with Gasteiger partial charge in [-0.25, -0.2) is 9.59 Å². The first kappa shape index (κ1) is 16.0. The first-order chi connectivity index (χ1) is 12.7. The van der Waals surface area contributed by atoms with Crippen LogP contribution in [0.5, 0.6) is 17.2 Å². The molecule has 0 radical (unpaired) electrons. The Kier molecular flexibility index (Phi) is 3.96. The first-order valence-corrected chi connectivity index (χ1v) is 7.92. The standard InChI is InChI=1S/C19H15NO6/c1-23-19(22)14-9-20(15-5-3-2-4-13(14)15)10-18(21)26-12-6-7-16-17(8-12)25-11-24-16/h2-9H,10-11H2,1H3. The number of hydrogen-bond acceptors (Lipinski definition) is 6. The highest BCUT2D eigenvalue weighted by Crippen LogP contribution is 2.35. The lowest BCUT2D eigenvalue weighted by Crippen LogP contribution is -2.15. The molecule has 2 aromatic carbocycles. The van der Waals surface area contributed by atoms with Crippen molar-refractivity contribution in [2.24, 2.45) is 0 Å². The van der Waals surface area contributed by atoms with Gasteiger partial charge in [-0.2, -0.15) is 0 Å². The fraction of sp³-hybridized carbons (Fsp3) is 0.158. The minimum absolute atomic E-state index is 0.0497. The Hall–Kier alpha value is -3.48. The molecule has 0 N–H and O–H groups in total. The third kappa shape index (κ3) is 2.83. The monoisotopic (exact) mass is 353 g/mol. The Morgan fingerprint density at radius 3 is 2.77 bits per heavy atom. The summed E-state index contributed by atoms with van der Waals surface area (Å²) in [5.74, 6) is 0.590. The molecule has 3 aromatic rings. The Balaban J connectivity index is 1.57. The Morgan fingerprint density at radius 2 is 1.92 bits per heavy atom. The zero-order valence-corrected chi connectivity index (χ0v) is 13.9. The second-order valence-electron chi connectivity index (χ2n) is 5.67. The highest BCUT2D eigenvalue weighted by atomic mass is 16.7. The summed E-state index contributed by atoms with van der Waals surface area (Å²) in [7, 11) is 1.32. The number of fused-ring (bicyclic) bond motifs is 2. The van der Waals surface area contributed by atoms with Crippen LogP contribution in [-0.2, 0) is 16.1 Å². The third-order valence-electron chi connectivity index (χ3n) is 4.07. The van der Waals surface area contributed by atoms with Crippen molar-refractivity contribution in [1.29, 1.82) is 0 Å². The van der Waals surface area contributed by atoms with Crippen LogP contribution < -0.4 is 14.2 Å². The normalized spacial score (nSPS) is 12.2. The lowest BCUT2D eigenvalue weighted by molar-refractivity contribution is -0.135. The van der Waals surface area contributed by atoms with E-state index in [1.807, 2.05) is 18.2 Å². The number of rotatable bonds is 4. The summed E-state index contributed by atoms with van der Waals surface area (Å²) in [6.45, 7) is 0.102. The number of ether oxygens (including phenoxy) is 4. The molecule has 1 aliphatic rings. The average molecular weight is 353 g/mol. The highest BCUT2D eigenvalue weighted by molar-refractivity contribution is 6.04. The van der Waals surface area contributed by atoms with Gasteiger partial charge in [0.2, 0.25) is 6.79 Å². The maximum Gasteiger partial charge on any atom is 0.340 e. The van der Waals surface area contributed by atoms with Crippen molar-refractivity contribution in [2.75, 3.05) is 13.9 Å². The molecule has 132 valence electrons. The van der Waals surface area contributed by atoms with Gasteiger partial charge in [-0.3, -0.25) is 0 Å². The average Bonchev–Trinajstić information content (AvgIpc) is 3.25. The van der Waals surface area contributed by atoms with Crippen LogP contribution in [0.1, 0.15) is 10.4 Å². The SMILES string of the molecule is COC(=O)c1cn(CC(=O)Oc2ccc3c(c2)OCO3)c2ccccc12. The molecule has 2 heterocycles. The molecule has 0 spiro atoms. The van der Waals surface area contributed by atoms with Crippen molar-refractivity contribution in [3.8, 4) is 17.2 Å². The van der Waals surface area contributed by atoms with Crippen LogP contribution in [0.15, 0.2) is 48.7 Å². The molecule has 0 saturated heterocycles. The lowest BCUT2D eigenvalue weighted by Gasteiger charge is -2.07. The summed E-state index contributed by atoms with van der Waals surface area (Å²) >= 11 is 0. The zero-order valence-electron chi connectivity index (χ0n) is 13.9. The second-order valence-corrected chi connectivity index (χ2v) is 5.67. The van der Waals surface area contributed by atoms with Crippen LogP contribution in [0.4, 0.5) is 0 Å². The molecule has 1 aromatic heterocycles. The van der Waals surface area contributed by atoms with Gasteiger partial charge in [-0.15, -0.1) is 0 Å². The molecular weight excluding hydrogens is 338 g/mol. The van der Waals surface area contributed by atoms with Gasteiger partial charge in [0, 0.05) is 23.2 Å². The van der Waals surface area contributed by atoms with Crippen LogP contribution in [-0.4, -0.2) is 30.4 Å². The van der Waals surface area contributed by atoms with E-state index in [9.17, 15) is 9.59 Å². The van der Waals surface area contributed by atoms with Crippen molar-refractivity contribution in [1.82, 2.24) is 4.57 Å². The van der Waals surface area contributed by atoms with E-state index in [1.54, 1.807) is 35.0 Å². The number of hydrogen-bond donors (Lipinski definition) is 0. The van der Waals surface area contributed by atoms with E-state index in [-0.39, 0.29) is 13.3 Å². The predicted molar refractivity (Wildman–Crippen MR) is 91.5 cm³/mol. The van der Waals surface area contributed by atoms with Crippen molar-refractivity contribution < 1.29 is 28.5 Å². The Labute approximate surface area is 148 Å². The van der Waals surface area contributed by atoms with Crippen LogP contribution in [0.2, 0.25) is 0 Å². The van der Waals surface area contributed by atoms with E-state index in [0.717, 1.165) is 10.9 Å². The molecule has 0 saturated carbocycles. The first-order valence-electron chi connectivity index (χ1n) is 7.92. The number of carbonyl (C=O) groups is 2. The molecule has 26 heavy (non-hydrogen) atoms. The van der Waals surface area contributed by atoms with E-state index in [4.69, 9.17) is 18.9 Å². The van der Waals surface area contributed by atoms with Crippen LogP contribution >= 0.6 is 0 Å². The lowest BCUT2D eigenvalue weighted by atomic mass is 10.2. The van der Waals surface area contributed by atoms with Crippen LogP contribution in [0.25, 0.3) is 10.9 Å². The summed E-state index contributed by atoms with van der Waals surface area (Å²) in [4.78, 5) is 24.3. The summed E-state index contributed by atoms with van der Waals surface area (Å²) in [6, 6.07) is 12.2. The third-order valence-corrected chi connectivity index (χ3v) is 4.07. The van der Waals surface area contributed by atoms with Gasteiger partial charge in [0.1, 0.15) is 12.3 Å². The van der Waals surface area contributed by atoms with Gasteiger partial charge in [0.15, 0.2) is 11.5 Å². The summed E-state index contributed by atoms with van der Waals surface area (Å²) in [5.41, 5.74) is 1.15. The van der Waals surface area contributed by atoms with E-state index < -0.39 is 11.9 Å². The quantitative estimate of drug-likeness (QED) is 0.530. The number of benzene rings is 2. The van der Waals surface area contributed by atoms with Gasteiger partial charge in [-0.1, -0.05) is 18.2 Å². The molecular formula is C19H15NO6. The minimum Gasteiger partial charge on any atom is -0.465 e. The molecule has 0 amide bonds. The molecule has 0 unspecified atom stereocenters. The molecule has 0 aliphatic carbocycles. The molecule has 4 rings (SSSR count). The van der Waals surface area contributed by atoms with E-state index in [2.05, 4.69) is 0 Å². The van der Waals surface area contributed by atoms with Crippen molar-refractivity contribution in [2.45, 2.75) is 6.54 Å². The van der Waals surface area contributed by atoms with Crippen molar-refractivity contribution >= 4 is 22.8 Å². The minimum atomic E-state index is -0.471. The van der Waals surface area contributed by atoms with Gasteiger partial charge in [0.25, 0.3) is 0 Å². The molecule has 7 heteroatoms. The fourth-order valence-electron chi connectivity index (χ4n) is 2.89. The van der Waals surface area contributed by atoms with Crippen LogP contribution in [0.3, 0.4) is 0 Å². The number of nitrogens with zero attached hydrogens (tertiary/aromatic N) is 1. The van der Waals surface area contributed by atoms with E-state index in [1.165, 1.54) is 7.11 Å². The highest BCUT2D eigenvalue weighted by Gasteiger charge is 2.18. The Morgan fingerprint density at radius 1 is 1.12 bits per heavy atom. The van der Waals surface area contributed by atoms with Gasteiger partial charge in [-0.05, 0) is 18.2 Å². The number of aromatic nitrogens is 1. The number of esters is 2.